The Labute approximate surface area is 108 Å². The summed E-state index contributed by atoms with van der Waals surface area (Å²) in [5.74, 6) is 0.219. The van der Waals surface area contributed by atoms with E-state index in [2.05, 4.69) is 19.1 Å². The Morgan fingerprint density at radius 3 is 2.89 bits per heavy atom. The fraction of sp³-hybridized carbons (Fsp3) is 0.562. The minimum absolute atomic E-state index is 0.327. The highest BCUT2D eigenvalue weighted by Gasteiger charge is 2.52. The van der Waals surface area contributed by atoms with Gasteiger partial charge in [-0.15, -0.1) is 0 Å². The Morgan fingerprint density at radius 1 is 1.33 bits per heavy atom. The highest BCUT2D eigenvalue weighted by atomic mass is 16.4. The van der Waals surface area contributed by atoms with Crippen LogP contribution < -0.4 is 0 Å². The first kappa shape index (κ1) is 11.8. The number of benzene rings is 1. The SMILES string of the molecule is C[C@@H]1C[C@@H]2CCCC[C@@]2(C(=O)O)c2ccccc21. The van der Waals surface area contributed by atoms with Crippen LogP contribution >= 0.6 is 0 Å². The maximum Gasteiger partial charge on any atom is 0.314 e. The maximum absolute atomic E-state index is 12.0. The van der Waals surface area contributed by atoms with Crippen molar-refractivity contribution in [1.29, 1.82) is 0 Å². The van der Waals surface area contributed by atoms with E-state index in [1.807, 2.05) is 12.1 Å². The molecule has 1 fully saturated rings. The van der Waals surface area contributed by atoms with Crippen molar-refractivity contribution in [3.63, 3.8) is 0 Å². The molecule has 1 N–H and O–H groups in total. The number of carbonyl (C=O) groups is 1. The van der Waals surface area contributed by atoms with Gasteiger partial charge < -0.3 is 5.11 Å². The molecule has 2 aliphatic rings. The zero-order valence-corrected chi connectivity index (χ0v) is 10.9. The van der Waals surface area contributed by atoms with E-state index >= 15 is 0 Å². The van der Waals surface area contributed by atoms with Crippen molar-refractivity contribution in [2.24, 2.45) is 5.92 Å². The van der Waals surface area contributed by atoms with E-state index in [4.69, 9.17) is 0 Å². The van der Waals surface area contributed by atoms with Gasteiger partial charge in [0, 0.05) is 0 Å². The number of carboxylic acid groups (broad SMARTS) is 1. The Morgan fingerprint density at radius 2 is 2.11 bits per heavy atom. The lowest BCUT2D eigenvalue weighted by molar-refractivity contribution is -0.148. The van der Waals surface area contributed by atoms with Crippen LogP contribution in [0.3, 0.4) is 0 Å². The predicted molar refractivity (Wildman–Crippen MR) is 70.7 cm³/mol. The Balaban J connectivity index is 2.21. The van der Waals surface area contributed by atoms with Gasteiger partial charge in [-0.25, -0.2) is 0 Å². The second-order valence-corrected chi connectivity index (χ2v) is 5.94. The molecule has 1 saturated carbocycles. The van der Waals surface area contributed by atoms with E-state index in [9.17, 15) is 9.90 Å². The van der Waals surface area contributed by atoms with E-state index in [0.717, 1.165) is 31.2 Å². The van der Waals surface area contributed by atoms with Gasteiger partial charge in [-0.1, -0.05) is 44.0 Å². The average molecular weight is 244 g/mol. The first-order valence-corrected chi connectivity index (χ1v) is 6.99. The zero-order chi connectivity index (χ0) is 12.8. The molecule has 3 rings (SSSR count). The smallest absolute Gasteiger partial charge is 0.314 e. The van der Waals surface area contributed by atoms with Crippen molar-refractivity contribution < 1.29 is 9.90 Å². The fourth-order valence-electron chi connectivity index (χ4n) is 4.20. The number of rotatable bonds is 1. The summed E-state index contributed by atoms with van der Waals surface area (Å²) < 4.78 is 0. The van der Waals surface area contributed by atoms with Crippen LogP contribution in [0.5, 0.6) is 0 Å². The van der Waals surface area contributed by atoms with Crippen molar-refractivity contribution >= 4 is 5.97 Å². The van der Waals surface area contributed by atoms with Crippen molar-refractivity contribution in [2.75, 3.05) is 0 Å². The van der Waals surface area contributed by atoms with Crippen molar-refractivity contribution in [2.45, 2.75) is 50.4 Å². The van der Waals surface area contributed by atoms with Gasteiger partial charge in [-0.3, -0.25) is 4.79 Å². The molecule has 96 valence electrons. The van der Waals surface area contributed by atoms with Crippen molar-refractivity contribution in [3.8, 4) is 0 Å². The van der Waals surface area contributed by atoms with Crippen LogP contribution in [0.25, 0.3) is 0 Å². The molecule has 0 heterocycles. The summed E-state index contributed by atoms with van der Waals surface area (Å²) in [4.78, 5) is 12.0. The number of aliphatic carboxylic acids is 1. The standard InChI is InChI=1S/C16H20O2/c1-11-10-12-6-4-5-9-16(12,15(17)18)14-8-3-2-7-13(11)14/h2-3,7-8,11-12H,4-6,9-10H2,1H3,(H,17,18)/t11-,12+,16+/m1/s1. The van der Waals surface area contributed by atoms with E-state index < -0.39 is 11.4 Å². The second-order valence-electron chi connectivity index (χ2n) is 5.94. The van der Waals surface area contributed by atoms with Gasteiger partial charge in [0.2, 0.25) is 0 Å². The highest BCUT2D eigenvalue weighted by Crippen LogP contribution is 2.53. The van der Waals surface area contributed by atoms with Crippen LogP contribution in [0.15, 0.2) is 24.3 Å². The molecule has 0 amide bonds. The molecule has 0 saturated heterocycles. The van der Waals surface area contributed by atoms with Gasteiger partial charge in [0.1, 0.15) is 0 Å². The lowest BCUT2D eigenvalue weighted by atomic mass is 9.55. The first-order valence-electron chi connectivity index (χ1n) is 6.99. The Bertz CT molecular complexity index is 480. The van der Waals surface area contributed by atoms with Crippen molar-refractivity contribution in [3.05, 3.63) is 35.4 Å². The van der Waals surface area contributed by atoms with Gasteiger partial charge in [-0.05, 0) is 42.2 Å². The van der Waals surface area contributed by atoms with Crippen LogP contribution in [-0.2, 0) is 10.2 Å². The van der Waals surface area contributed by atoms with E-state index in [1.54, 1.807) is 0 Å². The van der Waals surface area contributed by atoms with Crippen LogP contribution in [0, 0.1) is 5.92 Å². The third kappa shape index (κ3) is 1.44. The molecule has 0 radical (unpaired) electrons. The minimum Gasteiger partial charge on any atom is -0.481 e. The molecule has 0 aliphatic heterocycles. The predicted octanol–water partition coefficient (Wildman–Crippen LogP) is 3.71. The summed E-state index contributed by atoms with van der Waals surface area (Å²) in [6.07, 6.45) is 5.16. The van der Waals surface area contributed by atoms with Crippen molar-refractivity contribution in [1.82, 2.24) is 0 Å². The third-order valence-corrected chi connectivity index (χ3v) is 5.06. The quantitative estimate of drug-likeness (QED) is 0.817. The largest absolute Gasteiger partial charge is 0.481 e. The summed E-state index contributed by atoms with van der Waals surface area (Å²) in [5.41, 5.74) is 1.76. The topological polar surface area (TPSA) is 37.3 Å². The minimum atomic E-state index is -0.605. The zero-order valence-electron chi connectivity index (χ0n) is 10.9. The highest BCUT2D eigenvalue weighted by molar-refractivity contribution is 5.83. The molecule has 1 aromatic rings. The molecule has 0 bridgehead atoms. The van der Waals surface area contributed by atoms with Crippen LogP contribution in [0.4, 0.5) is 0 Å². The summed E-state index contributed by atoms with van der Waals surface area (Å²) in [6.45, 7) is 2.24. The van der Waals surface area contributed by atoms with Gasteiger partial charge >= 0.3 is 5.97 Å². The number of fused-ring (bicyclic) bond motifs is 3. The molecular formula is C16H20O2. The number of hydrogen-bond acceptors (Lipinski definition) is 1. The van der Waals surface area contributed by atoms with Crippen LogP contribution in [0.2, 0.25) is 0 Å². The second kappa shape index (κ2) is 4.11. The van der Waals surface area contributed by atoms with Crippen LogP contribution in [0.1, 0.15) is 56.1 Å². The van der Waals surface area contributed by atoms with Gasteiger partial charge in [0.25, 0.3) is 0 Å². The summed E-state index contributed by atoms with van der Waals surface area (Å²) in [6, 6.07) is 8.20. The summed E-state index contributed by atoms with van der Waals surface area (Å²) in [5, 5.41) is 9.86. The number of hydrogen-bond donors (Lipinski definition) is 1. The van der Waals surface area contributed by atoms with E-state index in [-0.39, 0.29) is 0 Å². The monoisotopic (exact) mass is 244 g/mol. The molecule has 1 aromatic carbocycles. The molecular weight excluding hydrogens is 224 g/mol. The lowest BCUT2D eigenvalue weighted by Crippen LogP contribution is -2.48. The summed E-state index contributed by atoms with van der Waals surface area (Å²) in [7, 11) is 0. The molecule has 2 nitrogen and oxygen atoms in total. The first-order chi connectivity index (χ1) is 8.66. The molecule has 0 spiro atoms. The molecule has 3 atom stereocenters. The number of carboxylic acids is 1. The molecule has 2 aliphatic carbocycles. The van der Waals surface area contributed by atoms with E-state index in [0.29, 0.717) is 11.8 Å². The lowest BCUT2D eigenvalue weighted by Gasteiger charge is -2.47. The molecule has 0 unspecified atom stereocenters. The Hall–Kier alpha value is -1.31. The van der Waals surface area contributed by atoms with Gasteiger partial charge in [0.05, 0.1) is 5.41 Å². The summed E-state index contributed by atoms with van der Waals surface area (Å²) >= 11 is 0. The third-order valence-electron chi connectivity index (χ3n) is 5.06. The Kier molecular flexibility index (Phi) is 2.69. The fourth-order valence-corrected chi connectivity index (χ4v) is 4.20. The molecule has 2 heteroatoms. The van der Waals surface area contributed by atoms with Crippen LogP contribution in [-0.4, -0.2) is 11.1 Å². The maximum atomic E-state index is 12.0. The normalized spacial score (nSPS) is 34.5. The van der Waals surface area contributed by atoms with E-state index in [1.165, 1.54) is 12.0 Å². The molecule has 18 heavy (non-hydrogen) atoms. The van der Waals surface area contributed by atoms with Gasteiger partial charge in [-0.2, -0.15) is 0 Å². The van der Waals surface area contributed by atoms with Gasteiger partial charge in [0.15, 0.2) is 0 Å². The molecule has 0 aromatic heterocycles. The average Bonchev–Trinajstić information content (AvgIpc) is 2.39.